The Balaban J connectivity index is 1.43. The van der Waals surface area contributed by atoms with Crippen LogP contribution in [0.3, 0.4) is 0 Å². The van der Waals surface area contributed by atoms with E-state index in [1.54, 1.807) is 49.6 Å². The number of ether oxygens (including phenoxy) is 3. The summed E-state index contributed by atoms with van der Waals surface area (Å²) in [6.07, 6.45) is 0.778. The lowest BCUT2D eigenvalue weighted by Crippen LogP contribution is -2.43. The summed E-state index contributed by atoms with van der Waals surface area (Å²) in [6, 6.07) is 21.8. The summed E-state index contributed by atoms with van der Waals surface area (Å²) in [6.45, 7) is 0.267. The van der Waals surface area contributed by atoms with E-state index in [0.717, 1.165) is 6.42 Å². The second-order valence-corrected chi connectivity index (χ2v) is 7.55. The van der Waals surface area contributed by atoms with Gasteiger partial charge >= 0.3 is 0 Å². The molecule has 0 heterocycles. The number of carbonyl (C=O) groups excluding carboxylic acids is 2. The zero-order valence-electron chi connectivity index (χ0n) is 17.5. The molecule has 3 aromatic carbocycles. The summed E-state index contributed by atoms with van der Waals surface area (Å²) in [5, 5.41) is 0. The number of carbonyl (C=O) groups is 2. The number of hydrazine groups is 1. The Kier molecular flexibility index (Phi) is 8.51. The average Bonchev–Trinajstić information content (AvgIpc) is 2.83. The van der Waals surface area contributed by atoms with Crippen molar-refractivity contribution in [2.75, 3.05) is 20.3 Å². The number of hydrogen-bond acceptors (Lipinski definition) is 5. The SMILES string of the molecule is COc1ccc(OCC(=O)NNC(=O)c2ccc(OCCc3ccccc3)c(Br)c2)cc1. The molecule has 0 saturated carbocycles. The summed E-state index contributed by atoms with van der Waals surface area (Å²) in [4.78, 5) is 24.2. The van der Waals surface area contributed by atoms with Crippen LogP contribution < -0.4 is 25.1 Å². The highest BCUT2D eigenvalue weighted by Gasteiger charge is 2.11. The van der Waals surface area contributed by atoms with Gasteiger partial charge in [0.05, 0.1) is 18.2 Å². The third-order valence-electron chi connectivity index (χ3n) is 4.43. The van der Waals surface area contributed by atoms with E-state index in [4.69, 9.17) is 14.2 Å². The molecule has 0 aromatic heterocycles. The first-order valence-electron chi connectivity index (χ1n) is 9.87. The first-order valence-corrected chi connectivity index (χ1v) is 10.7. The molecule has 0 saturated heterocycles. The van der Waals surface area contributed by atoms with Crippen LogP contribution in [0.1, 0.15) is 15.9 Å². The molecule has 0 atom stereocenters. The normalized spacial score (nSPS) is 10.2. The maximum absolute atomic E-state index is 12.3. The molecule has 0 bridgehead atoms. The molecular formula is C24H23BrN2O5. The molecule has 0 aliphatic rings. The van der Waals surface area contributed by atoms with Crippen LogP contribution in [0.25, 0.3) is 0 Å². The molecule has 3 aromatic rings. The summed E-state index contributed by atoms with van der Waals surface area (Å²) < 4.78 is 16.9. The van der Waals surface area contributed by atoms with Crippen LogP contribution in [0.2, 0.25) is 0 Å². The molecule has 0 aliphatic carbocycles. The van der Waals surface area contributed by atoms with Gasteiger partial charge in [-0.1, -0.05) is 30.3 Å². The smallest absolute Gasteiger partial charge is 0.276 e. The fraction of sp³-hybridized carbons (Fsp3) is 0.167. The standard InChI is InChI=1S/C24H23BrN2O5/c1-30-19-8-10-20(11-9-19)32-16-23(28)26-27-24(29)18-7-12-22(21(25)15-18)31-14-13-17-5-3-2-4-6-17/h2-12,15H,13-14,16H2,1H3,(H,26,28)(H,27,29). The second kappa shape index (κ2) is 11.8. The topological polar surface area (TPSA) is 85.9 Å². The summed E-state index contributed by atoms with van der Waals surface area (Å²) in [5.74, 6) is 0.884. The van der Waals surface area contributed by atoms with Gasteiger partial charge in [0.1, 0.15) is 17.2 Å². The summed E-state index contributed by atoms with van der Waals surface area (Å²) in [7, 11) is 1.57. The van der Waals surface area contributed by atoms with Crippen molar-refractivity contribution in [1.82, 2.24) is 10.9 Å². The van der Waals surface area contributed by atoms with E-state index in [-0.39, 0.29) is 6.61 Å². The van der Waals surface area contributed by atoms with E-state index in [2.05, 4.69) is 26.8 Å². The monoisotopic (exact) mass is 498 g/mol. The molecule has 0 radical (unpaired) electrons. The van der Waals surface area contributed by atoms with Gasteiger partial charge in [0, 0.05) is 12.0 Å². The molecule has 0 aliphatic heterocycles. The predicted molar refractivity (Wildman–Crippen MR) is 124 cm³/mol. The minimum atomic E-state index is -0.492. The number of halogens is 1. The molecule has 8 heteroatoms. The van der Waals surface area contributed by atoms with Crippen molar-refractivity contribution in [2.45, 2.75) is 6.42 Å². The van der Waals surface area contributed by atoms with Gasteiger partial charge in [0.2, 0.25) is 0 Å². The Labute approximate surface area is 194 Å². The number of amides is 2. The van der Waals surface area contributed by atoms with Crippen molar-refractivity contribution < 1.29 is 23.8 Å². The Morgan fingerprint density at radius 1 is 0.875 bits per heavy atom. The molecule has 3 rings (SSSR count). The Morgan fingerprint density at radius 3 is 2.28 bits per heavy atom. The van der Waals surface area contributed by atoms with E-state index in [0.29, 0.717) is 33.9 Å². The van der Waals surface area contributed by atoms with E-state index < -0.39 is 11.8 Å². The average molecular weight is 499 g/mol. The highest BCUT2D eigenvalue weighted by Crippen LogP contribution is 2.26. The van der Waals surface area contributed by atoms with Crippen LogP contribution >= 0.6 is 15.9 Å². The number of methoxy groups -OCH3 is 1. The lowest BCUT2D eigenvalue weighted by atomic mass is 10.2. The molecule has 0 unspecified atom stereocenters. The number of hydrogen-bond donors (Lipinski definition) is 2. The Bertz CT molecular complexity index is 1040. The molecule has 0 fully saturated rings. The highest BCUT2D eigenvalue weighted by molar-refractivity contribution is 9.10. The van der Waals surface area contributed by atoms with Crippen molar-refractivity contribution in [1.29, 1.82) is 0 Å². The third kappa shape index (κ3) is 7.02. The molecule has 7 nitrogen and oxygen atoms in total. The molecule has 166 valence electrons. The van der Waals surface area contributed by atoms with Crippen molar-refractivity contribution in [2.24, 2.45) is 0 Å². The van der Waals surface area contributed by atoms with E-state index >= 15 is 0 Å². The Morgan fingerprint density at radius 2 is 1.59 bits per heavy atom. The van der Waals surface area contributed by atoms with Crippen LogP contribution in [-0.2, 0) is 11.2 Å². The maximum Gasteiger partial charge on any atom is 0.276 e. The Hall–Kier alpha value is -3.52. The van der Waals surface area contributed by atoms with Crippen molar-refractivity contribution in [3.05, 3.63) is 88.4 Å². The van der Waals surface area contributed by atoms with Gasteiger partial charge in [-0.2, -0.15) is 0 Å². The van der Waals surface area contributed by atoms with Crippen LogP contribution in [-0.4, -0.2) is 32.1 Å². The third-order valence-corrected chi connectivity index (χ3v) is 5.05. The first-order chi connectivity index (χ1) is 15.5. The van der Waals surface area contributed by atoms with Crippen molar-refractivity contribution in [3.8, 4) is 17.2 Å². The van der Waals surface area contributed by atoms with Gasteiger partial charge in [0.25, 0.3) is 11.8 Å². The van der Waals surface area contributed by atoms with Crippen molar-refractivity contribution >= 4 is 27.7 Å². The summed E-state index contributed by atoms with van der Waals surface area (Å²) >= 11 is 3.42. The fourth-order valence-electron chi connectivity index (χ4n) is 2.74. The van der Waals surface area contributed by atoms with Gasteiger partial charge < -0.3 is 14.2 Å². The van der Waals surface area contributed by atoms with Gasteiger partial charge in [-0.05, 0) is 64.0 Å². The lowest BCUT2D eigenvalue weighted by Gasteiger charge is -2.11. The van der Waals surface area contributed by atoms with Crippen LogP contribution in [0.15, 0.2) is 77.3 Å². The van der Waals surface area contributed by atoms with Crippen LogP contribution in [0.5, 0.6) is 17.2 Å². The largest absolute Gasteiger partial charge is 0.497 e. The first kappa shape index (κ1) is 23.1. The maximum atomic E-state index is 12.3. The molecule has 32 heavy (non-hydrogen) atoms. The van der Waals surface area contributed by atoms with Gasteiger partial charge in [-0.15, -0.1) is 0 Å². The highest BCUT2D eigenvalue weighted by atomic mass is 79.9. The number of rotatable bonds is 9. The minimum Gasteiger partial charge on any atom is -0.497 e. The van der Waals surface area contributed by atoms with Gasteiger partial charge in [-0.3, -0.25) is 20.4 Å². The zero-order chi connectivity index (χ0) is 22.8. The quantitative estimate of drug-likeness (QED) is 0.436. The van der Waals surface area contributed by atoms with E-state index in [1.807, 2.05) is 30.3 Å². The lowest BCUT2D eigenvalue weighted by molar-refractivity contribution is -0.123. The second-order valence-electron chi connectivity index (χ2n) is 6.70. The molecule has 2 N–H and O–H groups in total. The van der Waals surface area contributed by atoms with E-state index in [9.17, 15) is 9.59 Å². The van der Waals surface area contributed by atoms with Crippen LogP contribution in [0.4, 0.5) is 0 Å². The van der Waals surface area contributed by atoms with E-state index in [1.165, 1.54) is 5.56 Å². The molecular weight excluding hydrogens is 476 g/mol. The number of nitrogens with one attached hydrogen (secondary N) is 2. The number of benzene rings is 3. The van der Waals surface area contributed by atoms with Crippen LogP contribution in [0, 0.1) is 0 Å². The molecule has 0 spiro atoms. The van der Waals surface area contributed by atoms with Gasteiger partial charge in [0.15, 0.2) is 6.61 Å². The predicted octanol–water partition coefficient (Wildman–Crippen LogP) is 3.92. The molecule has 2 amide bonds. The summed E-state index contributed by atoms with van der Waals surface area (Å²) in [5.41, 5.74) is 6.24. The van der Waals surface area contributed by atoms with Gasteiger partial charge in [-0.25, -0.2) is 0 Å². The fourth-order valence-corrected chi connectivity index (χ4v) is 3.23. The zero-order valence-corrected chi connectivity index (χ0v) is 19.1. The van der Waals surface area contributed by atoms with Crippen molar-refractivity contribution in [3.63, 3.8) is 0 Å². The minimum absolute atomic E-state index is 0.246.